The quantitative estimate of drug-likeness (QED) is 0.725. The van der Waals surface area contributed by atoms with Crippen molar-refractivity contribution in [3.05, 3.63) is 0 Å². The van der Waals surface area contributed by atoms with Crippen LogP contribution in [0, 0.1) is 0 Å². The molecule has 1 saturated heterocycles. The number of aliphatic hydroxyl groups is 1. The summed E-state index contributed by atoms with van der Waals surface area (Å²) in [5, 5.41) is 9.70. The lowest BCUT2D eigenvalue weighted by Gasteiger charge is -2.36. The lowest BCUT2D eigenvalue weighted by Crippen LogP contribution is -2.35. The molecule has 0 spiro atoms. The van der Waals surface area contributed by atoms with E-state index in [2.05, 4.69) is 6.92 Å². The van der Waals surface area contributed by atoms with Crippen LogP contribution in [0.25, 0.3) is 0 Å². The summed E-state index contributed by atoms with van der Waals surface area (Å²) in [5.74, 6) is 2.42. The number of hydrogen-bond donors (Lipinski definition) is 1. The minimum absolute atomic E-state index is 0.0764. The molecule has 1 rings (SSSR count). The van der Waals surface area contributed by atoms with Gasteiger partial charge in [-0.2, -0.15) is 0 Å². The van der Waals surface area contributed by atoms with E-state index in [1.54, 1.807) is 0 Å². The molecule has 0 aromatic heterocycles. The molecule has 3 heteroatoms. The lowest BCUT2D eigenvalue weighted by molar-refractivity contribution is 0.161. The zero-order valence-corrected chi connectivity index (χ0v) is 8.80. The van der Waals surface area contributed by atoms with Crippen LogP contribution in [-0.2, 0) is 0 Å². The smallest absolute Gasteiger partial charge is 0.0840 e. The first kappa shape index (κ1) is 9.75. The molecule has 0 aromatic rings. The minimum atomic E-state index is -0.141. The van der Waals surface area contributed by atoms with Crippen molar-refractivity contribution in [1.82, 2.24) is 0 Å². The number of rotatable bonds is 2. The second-order valence-corrected chi connectivity index (χ2v) is 6.34. The zero-order valence-electron chi connectivity index (χ0n) is 7.17. The van der Waals surface area contributed by atoms with Crippen molar-refractivity contribution in [2.45, 2.75) is 36.9 Å². The van der Waals surface area contributed by atoms with Gasteiger partial charge in [0.25, 0.3) is 0 Å². The van der Waals surface area contributed by atoms with E-state index in [-0.39, 0.29) is 10.2 Å². The Labute approximate surface area is 77.3 Å². The minimum Gasteiger partial charge on any atom is -0.391 e. The Morgan fingerprint density at radius 2 is 2.00 bits per heavy atom. The fraction of sp³-hybridized carbons (Fsp3) is 1.00. The zero-order chi connectivity index (χ0) is 8.32. The highest BCUT2D eigenvalue weighted by molar-refractivity contribution is 8.18. The van der Waals surface area contributed by atoms with Gasteiger partial charge >= 0.3 is 0 Å². The first-order valence-electron chi connectivity index (χ1n) is 4.15. The molecule has 0 saturated carbocycles. The molecule has 0 aliphatic carbocycles. The summed E-state index contributed by atoms with van der Waals surface area (Å²) in [6.45, 7) is 4.21. The van der Waals surface area contributed by atoms with Crippen LogP contribution in [0.1, 0.15) is 26.7 Å². The summed E-state index contributed by atoms with van der Waals surface area (Å²) in [6.07, 6.45) is 2.02. The molecule has 1 unspecified atom stereocenters. The Morgan fingerprint density at radius 3 is 2.45 bits per heavy atom. The highest BCUT2D eigenvalue weighted by Crippen LogP contribution is 2.44. The normalized spacial score (nSPS) is 26.5. The van der Waals surface area contributed by atoms with Crippen molar-refractivity contribution < 1.29 is 5.11 Å². The van der Waals surface area contributed by atoms with E-state index in [9.17, 15) is 5.11 Å². The first-order valence-corrected chi connectivity index (χ1v) is 6.12. The molecule has 11 heavy (non-hydrogen) atoms. The monoisotopic (exact) mass is 192 g/mol. The molecule has 1 nitrogen and oxygen atoms in total. The second-order valence-electron chi connectivity index (χ2n) is 2.99. The predicted molar refractivity (Wildman–Crippen MR) is 54.2 cm³/mol. The molecule has 1 heterocycles. The SMILES string of the molecule is CCC(O)C1(C)SCCCS1. The summed E-state index contributed by atoms with van der Waals surface area (Å²) in [6, 6.07) is 0. The van der Waals surface area contributed by atoms with E-state index < -0.39 is 0 Å². The molecule has 66 valence electrons. The van der Waals surface area contributed by atoms with Crippen LogP contribution >= 0.6 is 23.5 Å². The number of hydrogen-bond acceptors (Lipinski definition) is 3. The average Bonchev–Trinajstić information content (AvgIpc) is 2.04. The highest BCUT2D eigenvalue weighted by Gasteiger charge is 2.34. The molecule has 0 radical (unpaired) electrons. The Morgan fingerprint density at radius 1 is 1.45 bits per heavy atom. The van der Waals surface area contributed by atoms with Gasteiger partial charge in [0, 0.05) is 0 Å². The molecule has 1 aliphatic rings. The van der Waals surface area contributed by atoms with Crippen LogP contribution in [0.3, 0.4) is 0 Å². The van der Waals surface area contributed by atoms with Gasteiger partial charge < -0.3 is 5.11 Å². The summed E-state index contributed by atoms with van der Waals surface area (Å²) in [5.41, 5.74) is 0. The summed E-state index contributed by atoms with van der Waals surface area (Å²) >= 11 is 3.82. The van der Waals surface area contributed by atoms with Crippen molar-refractivity contribution in [3.8, 4) is 0 Å². The third kappa shape index (κ3) is 2.30. The Balaban J connectivity index is 2.49. The van der Waals surface area contributed by atoms with Crippen LogP contribution in [0.4, 0.5) is 0 Å². The third-order valence-electron chi connectivity index (χ3n) is 2.06. The number of aliphatic hydroxyl groups excluding tert-OH is 1. The molecule has 1 N–H and O–H groups in total. The molecule has 0 aromatic carbocycles. The standard InChI is InChI=1S/C8H16OS2/c1-3-7(9)8(2)10-5-4-6-11-8/h7,9H,3-6H2,1-2H3. The molecule has 1 aliphatic heterocycles. The second kappa shape index (κ2) is 4.06. The Bertz CT molecular complexity index is 121. The number of thioether (sulfide) groups is 2. The topological polar surface area (TPSA) is 20.2 Å². The largest absolute Gasteiger partial charge is 0.391 e. The fourth-order valence-corrected chi connectivity index (χ4v) is 4.34. The van der Waals surface area contributed by atoms with Crippen molar-refractivity contribution >= 4 is 23.5 Å². The van der Waals surface area contributed by atoms with E-state index in [1.165, 1.54) is 17.9 Å². The van der Waals surface area contributed by atoms with Crippen LogP contribution in [0.5, 0.6) is 0 Å². The molecular formula is C8H16OS2. The molecule has 0 amide bonds. The van der Waals surface area contributed by atoms with Gasteiger partial charge in [-0.25, -0.2) is 0 Å². The van der Waals surface area contributed by atoms with E-state index in [0.717, 1.165) is 6.42 Å². The first-order chi connectivity index (χ1) is 5.19. The van der Waals surface area contributed by atoms with Gasteiger partial charge in [-0.3, -0.25) is 0 Å². The van der Waals surface area contributed by atoms with E-state index in [4.69, 9.17) is 0 Å². The third-order valence-corrected chi connectivity index (χ3v) is 5.44. The predicted octanol–water partition coefficient (Wildman–Crippen LogP) is 2.34. The van der Waals surface area contributed by atoms with E-state index in [0.29, 0.717) is 0 Å². The van der Waals surface area contributed by atoms with Crippen LogP contribution in [0.15, 0.2) is 0 Å². The van der Waals surface area contributed by atoms with Gasteiger partial charge in [-0.15, -0.1) is 23.5 Å². The van der Waals surface area contributed by atoms with Gasteiger partial charge in [-0.05, 0) is 31.3 Å². The lowest BCUT2D eigenvalue weighted by atomic mass is 10.2. The van der Waals surface area contributed by atoms with Crippen LogP contribution in [-0.4, -0.2) is 26.8 Å². The van der Waals surface area contributed by atoms with Crippen LogP contribution < -0.4 is 0 Å². The van der Waals surface area contributed by atoms with Crippen LogP contribution in [0.2, 0.25) is 0 Å². The van der Waals surface area contributed by atoms with E-state index >= 15 is 0 Å². The maximum atomic E-state index is 9.70. The van der Waals surface area contributed by atoms with Gasteiger partial charge in [-0.1, -0.05) is 6.92 Å². The maximum Gasteiger partial charge on any atom is 0.0840 e. The highest BCUT2D eigenvalue weighted by atomic mass is 32.2. The Kier molecular flexibility index (Phi) is 3.59. The van der Waals surface area contributed by atoms with Crippen molar-refractivity contribution in [1.29, 1.82) is 0 Å². The Hall–Kier alpha value is 0.660. The van der Waals surface area contributed by atoms with Crippen molar-refractivity contribution in [2.24, 2.45) is 0 Å². The molecule has 1 fully saturated rings. The van der Waals surface area contributed by atoms with Gasteiger partial charge in [0.2, 0.25) is 0 Å². The summed E-state index contributed by atoms with van der Waals surface area (Å²) in [4.78, 5) is 0. The van der Waals surface area contributed by atoms with Crippen molar-refractivity contribution in [2.75, 3.05) is 11.5 Å². The molecular weight excluding hydrogens is 176 g/mol. The molecule has 0 bridgehead atoms. The fourth-order valence-electron chi connectivity index (χ4n) is 1.21. The summed E-state index contributed by atoms with van der Waals surface area (Å²) < 4.78 is 0.0764. The van der Waals surface area contributed by atoms with Gasteiger partial charge in [0.1, 0.15) is 0 Å². The maximum absolute atomic E-state index is 9.70. The van der Waals surface area contributed by atoms with E-state index in [1.807, 2.05) is 30.4 Å². The average molecular weight is 192 g/mol. The van der Waals surface area contributed by atoms with Crippen molar-refractivity contribution in [3.63, 3.8) is 0 Å². The summed E-state index contributed by atoms with van der Waals surface area (Å²) in [7, 11) is 0. The van der Waals surface area contributed by atoms with Gasteiger partial charge in [0.15, 0.2) is 0 Å². The molecule has 1 atom stereocenters. The van der Waals surface area contributed by atoms with Gasteiger partial charge in [0.05, 0.1) is 10.2 Å².